The van der Waals surface area contributed by atoms with Crippen LogP contribution in [0, 0.1) is 0 Å². The molecular weight excluding hydrogens is 359 g/mol. The maximum atomic E-state index is 12.0. The quantitative estimate of drug-likeness (QED) is 0.101. The van der Waals surface area contributed by atoms with Crippen molar-refractivity contribution in [3.8, 4) is 0 Å². The summed E-state index contributed by atoms with van der Waals surface area (Å²) in [5, 5.41) is 0. The van der Waals surface area contributed by atoms with Gasteiger partial charge >= 0.3 is 29.6 Å². The standard InChI is InChI=1S/C24H50OS.Na.H/c1-3-5-7-9-11-13-15-17-19-21-23-26(25)24-22-20-18-16-14-12-10-8-6-4-2;;/h3-24H2,1-2H3;;. The molecule has 0 bridgehead atoms. The third-order valence-electron chi connectivity index (χ3n) is 5.45. The van der Waals surface area contributed by atoms with E-state index in [1.807, 2.05) is 0 Å². The van der Waals surface area contributed by atoms with Crippen LogP contribution in [-0.4, -0.2) is 45.6 Å². The van der Waals surface area contributed by atoms with Crippen LogP contribution in [0.25, 0.3) is 0 Å². The topological polar surface area (TPSA) is 23.1 Å². The molecule has 0 spiro atoms. The van der Waals surface area contributed by atoms with Crippen molar-refractivity contribution in [2.45, 2.75) is 142 Å². The van der Waals surface area contributed by atoms with E-state index >= 15 is 0 Å². The molecule has 0 saturated carbocycles. The van der Waals surface area contributed by atoms with Crippen molar-refractivity contribution in [2.75, 3.05) is 11.5 Å². The fourth-order valence-corrected chi connectivity index (χ4v) is 4.86. The van der Waals surface area contributed by atoms with E-state index in [0.717, 1.165) is 11.5 Å². The van der Waals surface area contributed by atoms with E-state index in [-0.39, 0.29) is 29.6 Å². The van der Waals surface area contributed by atoms with Crippen LogP contribution in [0.2, 0.25) is 0 Å². The third kappa shape index (κ3) is 27.3. The molecule has 1 nitrogen and oxygen atoms in total. The fourth-order valence-electron chi connectivity index (χ4n) is 3.60. The summed E-state index contributed by atoms with van der Waals surface area (Å²) >= 11 is -0.545. The first-order chi connectivity index (χ1) is 12.8. The van der Waals surface area contributed by atoms with Crippen LogP contribution in [0.15, 0.2) is 0 Å². The zero-order chi connectivity index (χ0) is 19.1. The molecule has 0 aliphatic carbocycles. The van der Waals surface area contributed by atoms with Crippen molar-refractivity contribution in [1.29, 1.82) is 0 Å². The second kappa shape index (κ2) is 27.3. The number of unbranched alkanes of at least 4 members (excludes halogenated alkanes) is 18. The molecule has 0 amide bonds. The first-order valence-electron chi connectivity index (χ1n) is 12.2. The molecule has 0 fully saturated rings. The predicted octanol–water partition coefficient (Wildman–Crippen LogP) is 7.93. The summed E-state index contributed by atoms with van der Waals surface area (Å²) in [7, 11) is 0. The van der Waals surface area contributed by atoms with E-state index in [2.05, 4.69) is 13.8 Å². The molecule has 0 saturated heterocycles. The van der Waals surface area contributed by atoms with Gasteiger partial charge in [-0.2, -0.15) is 0 Å². The molecular formula is C24H51NaOS. The zero-order valence-electron chi connectivity index (χ0n) is 18.4. The molecule has 0 unspecified atom stereocenters. The molecule has 0 aliphatic rings. The average Bonchev–Trinajstić information content (AvgIpc) is 2.64. The van der Waals surface area contributed by atoms with Crippen molar-refractivity contribution >= 4 is 40.7 Å². The van der Waals surface area contributed by atoms with Gasteiger partial charge in [0, 0.05) is 0 Å². The molecule has 0 N–H and O–H groups in total. The van der Waals surface area contributed by atoms with Gasteiger partial charge in [-0.25, -0.2) is 0 Å². The van der Waals surface area contributed by atoms with Crippen molar-refractivity contribution in [3.63, 3.8) is 0 Å². The number of hydrogen-bond donors (Lipinski definition) is 0. The Kier molecular flexibility index (Phi) is 30.9. The van der Waals surface area contributed by atoms with Crippen molar-refractivity contribution in [1.82, 2.24) is 0 Å². The summed E-state index contributed by atoms with van der Waals surface area (Å²) in [6.07, 6.45) is 27.3. The van der Waals surface area contributed by atoms with Gasteiger partial charge in [0.05, 0.1) is 0 Å². The van der Waals surface area contributed by atoms with Gasteiger partial charge in [-0.05, 0) is 25.7 Å². The summed E-state index contributed by atoms with van der Waals surface area (Å²) in [6, 6.07) is 0. The molecule has 0 radical (unpaired) electrons. The molecule has 0 aromatic carbocycles. The Morgan fingerprint density at radius 1 is 0.407 bits per heavy atom. The van der Waals surface area contributed by atoms with Crippen molar-refractivity contribution in [3.05, 3.63) is 0 Å². The molecule has 27 heavy (non-hydrogen) atoms. The first-order valence-corrected chi connectivity index (χ1v) is 13.6. The van der Waals surface area contributed by atoms with Gasteiger partial charge < -0.3 is 4.55 Å². The monoisotopic (exact) mass is 410 g/mol. The molecule has 0 rings (SSSR count). The van der Waals surface area contributed by atoms with E-state index in [0.29, 0.717) is 0 Å². The van der Waals surface area contributed by atoms with Gasteiger partial charge in [-0.1, -0.05) is 128 Å². The molecule has 0 heterocycles. The number of rotatable bonds is 22. The van der Waals surface area contributed by atoms with E-state index in [9.17, 15) is 4.55 Å². The Hall–Kier alpha value is 1.31. The minimum atomic E-state index is -0.545. The Balaban J connectivity index is 0. The molecule has 0 aromatic rings. The van der Waals surface area contributed by atoms with Crippen LogP contribution in [0.3, 0.4) is 0 Å². The molecule has 0 aromatic heterocycles. The Bertz CT molecular complexity index is 227. The fraction of sp³-hybridized carbons (Fsp3) is 1.00. The average molecular weight is 411 g/mol. The minimum absolute atomic E-state index is 0. The Morgan fingerprint density at radius 2 is 0.630 bits per heavy atom. The van der Waals surface area contributed by atoms with E-state index in [1.54, 1.807) is 0 Å². The van der Waals surface area contributed by atoms with Crippen LogP contribution in [0.5, 0.6) is 0 Å². The molecule has 0 aliphatic heterocycles. The van der Waals surface area contributed by atoms with Crippen molar-refractivity contribution < 1.29 is 4.55 Å². The van der Waals surface area contributed by atoms with Gasteiger partial charge in [-0.3, -0.25) is 0 Å². The third-order valence-corrected chi connectivity index (χ3v) is 6.94. The van der Waals surface area contributed by atoms with Gasteiger partial charge in [0.2, 0.25) is 0 Å². The second-order valence-electron chi connectivity index (χ2n) is 8.21. The second-order valence-corrected chi connectivity index (χ2v) is 9.91. The van der Waals surface area contributed by atoms with Crippen molar-refractivity contribution in [2.24, 2.45) is 0 Å². The van der Waals surface area contributed by atoms with Crippen LogP contribution >= 0.6 is 0 Å². The summed E-state index contributed by atoms with van der Waals surface area (Å²) in [5.41, 5.74) is 0. The summed E-state index contributed by atoms with van der Waals surface area (Å²) < 4.78 is 12.0. The Labute approximate surface area is 198 Å². The first kappa shape index (κ1) is 30.5. The maximum absolute atomic E-state index is 12.0. The van der Waals surface area contributed by atoms with Crippen LogP contribution in [0.1, 0.15) is 142 Å². The van der Waals surface area contributed by atoms with Crippen LogP contribution in [0.4, 0.5) is 0 Å². The van der Waals surface area contributed by atoms with Gasteiger partial charge in [0.25, 0.3) is 0 Å². The van der Waals surface area contributed by atoms with Crippen LogP contribution in [-0.2, 0) is 11.2 Å². The van der Waals surface area contributed by atoms with Gasteiger partial charge in [0.1, 0.15) is 11.5 Å². The Morgan fingerprint density at radius 3 is 0.889 bits per heavy atom. The summed E-state index contributed by atoms with van der Waals surface area (Å²) in [4.78, 5) is 0. The van der Waals surface area contributed by atoms with E-state index in [1.165, 1.54) is 128 Å². The van der Waals surface area contributed by atoms with E-state index < -0.39 is 11.2 Å². The van der Waals surface area contributed by atoms with E-state index in [4.69, 9.17) is 0 Å². The summed E-state index contributed by atoms with van der Waals surface area (Å²) in [6.45, 7) is 4.56. The molecule has 3 heteroatoms. The summed E-state index contributed by atoms with van der Waals surface area (Å²) in [5.74, 6) is 1.90. The predicted molar refractivity (Wildman–Crippen MR) is 129 cm³/mol. The van der Waals surface area contributed by atoms with Crippen LogP contribution < -0.4 is 0 Å². The number of hydrogen-bond acceptors (Lipinski definition) is 1. The van der Waals surface area contributed by atoms with Gasteiger partial charge in [-0.15, -0.1) is 0 Å². The molecule has 0 atom stereocenters. The normalized spacial score (nSPS) is 11.1. The zero-order valence-corrected chi connectivity index (χ0v) is 19.2. The SMILES string of the molecule is CCCCCCCCCCCC[S+]([O-])CCCCCCCCCCCC.[NaH]. The molecule has 160 valence electrons. The van der Waals surface area contributed by atoms with Gasteiger partial charge in [0.15, 0.2) is 0 Å².